The van der Waals surface area contributed by atoms with Crippen molar-refractivity contribution < 1.29 is 0 Å². The van der Waals surface area contributed by atoms with Gasteiger partial charge in [-0.05, 0) is 38.7 Å². The molecule has 0 spiro atoms. The molecule has 2 aliphatic rings. The number of aromatic nitrogens is 2. The van der Waals surface area contributed by atoms with Crippen LogP contribution in [-0.4, -0.2) is 15.7 Å². The van der Waals surface area contributed by atoms with Crippen LogP contribution in [-0.2, 0) is 0 Å². The van der Waals surface area contributed by atoms with Crippen LogP contribution in [0.1, 0.15) is 24.2 Å². The van der Waals surface area contributed by atoms with Crippen molar-refractivity contribution in [2.45, 2.75) is 26.7 Å². The van der Waals surface area contributed by atoms with E-state index in [0.717, 1.165) is 30.1 Å². The molecule has 3 rings (SSSR count). The van der Waals surface area contributed by atoms with Crippen LogP contribution >= 0.6 is 0 Å². The van der Waals surface area contributed by atoms with E-state index >= 15 is 0 Å². The average Bonchev–Trinajstić information content (AvgIpc) is 2.59. The summed E-state index contributed by atoms with van der Waals surface area (Å²) in [5.74, 6) is 1.97. The highest BCUT2D eigenvalue weighted by atomic mass is 15.4. The average molecular weight is 228 g/mol. The molecule has 0 bridgehead atoms. The second-order valence-electron chi connectivity index (χ2n) is 4.83. The van der Waals surface area contributed by atoms with E-state index in [4.69, 9.17) is 0 Å². The molecule has 0 radical (unpaired) electrons. The lowest BCUT2D eigenvalue weighted by molar-refractivity contribution is 0.466. The van der Waals surface area contributed by atoms with Crippen molar-refractivity contribution >= 4 is 11.7 Å². The molecule has 0 saturated heterocycles. The Morgan fingerprint density at radius 1 is 1.29 bits per heavy atom. The van der Waals surface area contributed by atoms with Crippen molar-refractivity contribution in [2.75, 3.05) is 5.43 Å². The van der Waals surface area contributed by atoms with Gasteiger partial charge in [0.1, 0.15) is 0 Å². The summed E-state index contributed by atoms with van der Waals surface area (Å²) in [6, 6.07) is 1.96. The van der Waals surface area contributed by atoms with Crippen molar-refractivity contribution in [3.05, 3.63) is 29.6 Å². The number of anilines is 1. The van der Waals surface area contributed by atoms with Crippen molar-refractivity contribution in [3.8, 4) is 0 Å². The predicted octanol–water partition coefficient (Wildman–Crippen LogP) is 2.46. The molecule has 4 nitrogen and oxygen atoms in total. The van der Waals surface area contributed by atoms with Crippen molar-refractivity contribution in [3.63, 3.8) is 0 Å². The number of hydrogen-bond acceptors (Lipinski definition) is 4. The Balaban J connectivity index is 1.70. The second-order valence-corrected chi connectivity index (χ2v) is 4.83. The SMILES string of the molecule is Cc1cc(C)nc(N/N=C2/C[C@H]3C=CC[C@H]23)n1. The van der Waals surface area contributed by atoms with Crippen LogP contribution in [0.3, 0.4) is 0 Å². The molecule has 17 heavy (non-hydrogen) atoms. The van der Waals surface area contributed by atoms with Crippen LogP contribution in [0.25, 0.3) is 0 Å². The van der Waals surface area contributed by atoms with Crippen LogP contribution < -0.4 is 5.43 Å². The first kappa shape index (κ1) is 10.4. The third-order valence-electron chi connectivity index (χ3n) is 3.44. The van der Waals surface area contributed by atoms with Crippen LogP contribution in [0.4, 0.5) is 5.95 Å². The number of nitrogens with one attached hydrogen (secondary N) is 1. The summed E-state index contributed by atoms with van der Waals surface area (Å²) >= 11 is 0. The molecule has 2 atom stereocenters. The summed E-state index contributed by atoms with van der Waals surface area (Å²) in [6.07, 6.45) is 6.78. The van der Waals surface area contributed by atoms with E-state index < -0.39 is 0 Å². The van der Waals surface area contributed by atoms with Crippen molar-refractivity contribution in [1.82, 2.24) is 9.97 Å². The molecule has 0 aromatic carbocycles. The number of fused-ring (bicyclic) bond motifs is 1. The molecule has 88 valence electrons. The van der Waals surface area contributed by atoms with Crippen molar-refractivity contribution in [1.29, 1.82) is 0 Å². The van der Waals surface area contributed by atoms with E-state index in [1.54, 1.807) is 0 Å². The summed E-state index contributed by atoms with van der Waals surface area (Å²) in [6.45, 7) is 3.93. The van der Waals surface area contributed by atoms with Gasteiger partial charge in [0.15, 0.2) is 0 Å². The normalized spacial score (nSPS) is 28.0. The molecule has 0 aliphatic heterocycles. The van der Waals surface area contributed by atoms with E-state index in [1.807, 2.05) is 19.9 Å². The van der Waals surface area contributed by atoms with Gasteiger partial charge in [0.25, 0.3) is 0 Å². The molecule has 1 aromatic rings. The largest absolute Gasteiger partial charge is 0.245 e. The highest BCUT2D eigenvalue weighted by molar-refractivity contribution is 5.94. The molecular formula is C13H16N4. The number of rotatable bonds is 2. The maximum Gasteiger partial charge on any atom is 0.243 e. The van der Waals surface area contributed by atoms with Gasteiger partial charge in [0, 0.05) is 23.0 Å². The highest BCUT2D eigenvalue weighted by Gasteiger charge is 2.37. The monoisotopic (exact) mass is 228 g/mol. The Labute approximate surface area is 101 Å². The molecule has 0 amide bonds. The highest BCUT2D eigenvalue weighted by Crippen LogP contribution is 2.40. The quantitative estimate of drug-likeness (QED) is 0.625. The first-order valence-electron chi connectivity index (χ1n) is 6.04. The van der Waals surface area contributed by atoms with Gasteiger partial charge >= 0.3 is 0 Å². The maximum atomic E-state index is 4.43. The molecule has 2 aliphatic carbocycles. The number of nitrogens with zero attached hydrogens (tertiary/aromatic N) is 3. The Hall–Kier alpha value is -1.71. The van der Waals surface area contributed by atoms with E-state index in [2.05, 4.69) is 32.6 Å². The van der Waals surface area contributed by atoms with E-state index in [0.29, 0.717) is 11.9 Å². The number of allylic oxidation sites excluding steroid dienone is 2. The van der Waals surface area contributed by atoms with Gasteiger partial charge in [-0.15, -0.1) is 0 Å². The Morgan fingerprint density at radius 2 is 2.06 bits per heavy atom. The summed E-state index contributed by atoms with van der Waals surface area (Å²) in [5.41, 5.74) is 6.17. The smallest absolute Gasteiger partial charge is 0.243 e. The molecule has 1 saturated carbocycles. The minimum atomic E-state index is 0.601. The molecule has 1 N–H and O–H groups in total. The van der Waals surface area contributed by atoms with Gasteiger partial charge < -0.3 is 0 Å². The third-order valence-corrected chi connectivity index (χ3v) is 3.44. The van der Waals surface area contributed by atoms with Gasteiger partial charge in [-0.2, -0.15) is 5.10 Å². The fraction of sp³-hybridized carbons (Fsp3) is 0.462. The Morgan fingerprint density at radius 3 is 2.76 bits per heavy atom. The van der Waals surface area contributed by atoms with Crippen LogP contribution in [0.15, 0.2) is 23.3 Å². The minimum absolute atomic E-state index is 0.601. The summed E-state index contributed by atoms with van der Waals surface area (Å²) < 4.78 is 0. The van der Waals surface area contributed by atoms with Crippen molar-refractivity contribution in [2.24, 2.45) is 16.9 Å². The van der Waals surface area contributed by atoms with E-state index in [-0.39, 0.29) is 0 Å². The Kier molecular flexibility index (Phi) is 2.42. The molecule has 4 heteroatoms. The van der Waals surface area contributed by atoms with Gasteiger partial charge in [-0.3, -0.25) is 0 Å². The van der Waals surface area contributed by atoms with E-state index in [1.165, 1.54) is 5.71 Å². The topological polar surface area (TPSA) is 50.2 Å². The lowest BCUT2D eigenvalue weighted by atomic mass is 9.74. The second kappa shape index (κ2) is 3.95. The van der Waals surface area contributed by atoms with Gasteiger partial charge in [0.05, 0.1) is 0 Å². The third kappa shape index (κ3) is 1.95. The number of aryl methyl sites for hydroxylation is 2. The van der Waals surface area contributed by atoms with Crippen LogP contribution in [0.2, 0.25) is 0 Å². The molecule has 1 aromatic heterocycles. The molecule has 0 unspecified atom stereocenters. The lowest BCUT2D eigenvalue weighted by Crippen LogP contribution is -2.33. The van der Waals surface area contributed by atoms with Gasteiger partial charge in [-0.25, -0.2) is 15.4 Å². The van der Waals surface area contributed by atoms with Crippen LogP contribution in [0.5, 0.6) is 0 Å². The number of hydrogen-bond donors (Lipinski definition) is 1. The summed E-state index contributed by atoms with van der Waals surface area (Å²) in [7, 11) is 0. The zero-order valence-electron chi connectivity index (χ0n) is 10.1. The fourth-order valence-electron chi connectivity index (χ4n) is 2.56. The maximum absolute atomic E-state index is 4.43. The predicted molar refractivity (Wildman–Crippen MR) is 67.9 cm³/mol. The zero-order valence-corrected chi connectivity index (χ0v) is 10.1. The van der Waals surface area contributed by atoms with E-state index in [9.17, 15) is 0 Å². The fourth-order valence-corrected chi connectivity index (χ4v) is 2.56. The summed E-state index contributed by atoms with van der Waals surface area (Å²) in [5, 5.41) is 4.43. The first-order chi connectivity index (χ1) is 8.22. The zero-order chi connectivity index (χ0) is 11.8. The van der Waals surface area contributed by atoms with Gasteiger partial charge in [-0.1, -0.05) is 12.2 Å². The van der Waals surface area contributed by atoms with Gasteiger partial charge in [0.2, 0.25) is 5.95 Å². The lowest BCUT2D eigenvalue weighted by Gasteiger charge is -2.31. The number of hydrazone groups is 1. The standard InChI is InChI=1S/C13H16N4/c1-8-6-9(2)15-13(14-8)17-16-12-7-10-4-3-5-11(10)12/h3-4,6,10-11H,5,7H2,1-2H3,(H,14,15,17)/b16-12-/t10-,11+/m1/s1. The Bertz CT molecular complexity index is 484. The van der Waals surface area contributed by atoms with Crippen LogP contribution in [0, 0.1) is 25.7 Å². The molecular weight excluding hydrogens is 212 g/mol. The molecule has 1 fully saturated rings. The molecule has 1 heterocycles. The minimum Gasteiger partial charge on any atom is -0.245 e. The summed E-state index contributed by atoms with van der Waals surface area (Å²) in [4.78, 5) is 8.61. The first-order valence-corrected chi connectivity index (χ1v) is 6.04.